The summed E-state index contributed by atoms with van der Waals surface area (Å²) in [7, 11) is 4.49. The lowest BCUT2D eigenvalue weighted by atomic mass is 9.97. The summed E-state index contributed by atoms with van der Waals surface area (Å²) in [5.74, 6) is -3.74. The smallest absolute Gasteiger partial charge is 0.260 e. The molecular weight excluding hydrogens is 965 g/mol. The summed E-state index contributed by atoms with van der Waals surface area (Å²) in [6.07, 6.45) is -0.661. The highest BCUT2D eigenvalue weighted by Gasteiger charge is 2.39. The molecule has 378 valence electrons. The van der Waals surface area contributed by atoms with Gasteiger partial charge in [-0.05, 0) is 79.6 Å². The first kappa shape index (κ1) is 49.0. The van der Waals surface area contributed by atoms with Gasteiger partial charge in [0.2, 0.25) is 5.91 Å². The number of hydrogen-bond acceptors (Lipinski definition) is 13. The molecule has 10 rings (SSSR count). The minimum atomic E-state index is -1.06. The number of aryl methyl sites for hydroxylation is 1. The lowest BCUT2D eigenvalue weighted by Crippen LogP contribution is -2.43. The molecule has 0 bridgehead atoms. The van der Waals surface area contributed by atoms with Crippen LogP contribution in [-0.4, -0.2) is 98.2 Å². The van der Waals surface area contributed by atoms with Gasteiger partial charge in [0.25, 0.3) is 11.8 Å². The molecule has 3 amide bonds. The Hall–Kier alpha value is -8.65. The summed E-state index contributed by atoms with van der Waals surface area (Å²) in [6, 6.07) is 23.9. The van der Waals surface area contributed by atoms with Gasteiger partial charge in [0.05, 0.1) is 93.8 Å². The van der Waals surface area contributed by atoms with Crippen molar-refractivity contribution in [3.8, 4) is 45.8 Å². The Morgan fingerprint density at radius 2 is 1.18 bits per heavy atom. The van der Waals surface area contributed by atoms with E-state index in [-0.39, 0.29) is 95.8 Å². The quantitative estimate of drug-likeness (QED) is 0.0884. The Labute approximate surface area is 421 Å². The van der Waals surface area contributed by atoms with Crippen LogP contribution in [-0.2, 0) is 31.0 Å². The minimum Gasteiger partial charge on any atom is -0.497 e. The number of hydrogen-bond donors (Lipinski definition) is 2. The van der Waals surface area contributed by atoms with Gasteiger partial charge in [0.1, 0.15) is 57.6 Å². The van der Waals surface area contributed by atoms with Crippen LogP contribution in [0.25, 0.3) is 22.8 Å². The number of carbonyl (C=O) groups is 3. The van der Waals surface area contributed by atoms with E-state index in [9.17, 15) is 28.3 Å². The van der Waals surface area contributed by atoms with Gasteiger partial charge in [-0.15, -0.1) is 0 Å². The number of halogens is 4. The second kappa shape index (κ2) is 20.1. The third-order valence-corrected chi connectivity index (χ3v) is 13.3. The van der Waals surface area contributed by atoms with E-state index in [2.05, 4.69) is 25.3 Å². The predicted octanol–water partition coefficient (Wildman–Crippen LogP) is 8.26. The van der Waals surface area contributed by atoms with Crippen LogP contribution < -0.4 is 24.3 Å². The first-order valence-electron chi connectivity index (χ1n) is 23.4. The third-order valence-electron chi connectivity index (χ3n) is 13.3. The number of amides is 3. The van der Waals surface area contributed by atoms with Crippen LogP contribution in [0.2, 0.25) is 0 Å². The van der Waals surface area contributed by atoms with E-state index < -0.39 is 53.5 Å². The zero-order valence-electron chi connectivity index (χ0n) is 40.3. The van der Waals surface area contributed by atoms with Gasteiger partial charge in [-0.2, -0.15) is 0 Å². The zero-order valence-corrected chi connectivity index (χ0v) is 40.3. The number of rotatable bonds is 16. The van der Waals surface area contributed by atoms with E-state index in [0.717, 1.165) is 24.3 Å². The number of nitrogens with zero attached hydrogens (tertiary/aromatic N) is 7. The third kappa shape index (κ3) is 9.12. The largest absolute Gasteiger partial charge is 0.497 e. The molecule has 16 nitrogen and oxygen atoms in total. The fourth-order valence-electron chi connectivity index (χ4n) is 9.60. The first-order valence-corrected chi connectivity index (χ1v) is 23.4. The number of nitrogens with one attached hydrogen (secondary N) is 1. The van der Waals surface area contributed by atoms with Crippen molar-refractivity contribution in [2.75, 3.05) is 39.8 Å². The number of aromatic nitrogens is 4. The van der Waals surface area contributed by atoms with E-state index >= 15 is 8.78 Å². The molecule has 1 saturated heterocycles. The fraction of sp³-hybridized carbons (Fsp3) is 0.241. The van der Waals surface area contributed by atoms with Crippen molar-refractivity contribution < 1.29 is 56.0 Å². The first-order chi connectivity index (χ1) is 35.8. The molecule has 2 aromatic heterocycles. The van der Waals surface area contributed by atoms with Gasteiger partial charge < -0.3 is 44.1 Å². The lowest BCUT2D eigenvalue weighted by Gasteiger charge is -2.27. The SMILES string of the molecule is COc1ccc(CN2Cc3nc(-c4c(F)cccc4F)nc(Nc4ccc(C5CCN(C(CO)Oc6ccc(CN7Cc8nc(-c9c(F)cccc9F)nc(C)c8C7=O)c(OC)c6)C5=O)cc4)c3C2=O)c(OC)c1. The van der Waals surface area contributed by atoms with Crippen LogP contribution in [0.5, 0.6) is 23.0 Å². The molecule has 5 aromatic carbocycles. The maximum atomic E-state index is 15.2. The fourth-order valence-corrected chi connectivity index (χ4v) is 9.60. The van der Waals surface area contributed by atoms with Crippen molar-refractivity contribution in [1.82, 2.24) is 34.6 Å². The van der Waals surface area contributed by atoms with E-state index in [4.69, 9.17) is 18.9 Å². The molecule has 0 aliphatic carbocycles. The van der Waals surface area contributed by atoms with E-state index in [1.54, 1.807) is 67.6 Å². The Morgan fingerprint density at radius 1 is 0.649 bits per heavy atom. The summed E-state index contributed by atoms with van der Waals surface area (Å²) in [6.45, 7) is 1.59. The van der Waals surface area contributed by atoms with Gasteiger partial charge in [-0.1, -0.05) is 24.3 Å². The highest BCUT2D eigenvalue weighted by Crippen LogP contribution is 2.38. The second-order valence-electron chi connectivity index (χ2n) is 17.7. The highest BCUT2D eigenvalue weighted by atomic mass is 19.1. The molecule has 0 spiro atoms. The van der Waals surface area contributed by atoms with Crippen LogP contribution in [0, 0.1) is 30.2 Å². The van der Waals surface area contributed by atoms with Crippen molar-refractivity contribution in [2.45, 2.75) is 51.7 Å². The summed E-state index contributed by atoms with van der Waals surface area (Å²) in [5, 5.41) is 13.7. The number of ether oxygens (including phenoxy) is 4. The van der Waals surface area contributed by atoms with Gasteiger partial charge >= 0.3 is 0 Å². The molecule has 2 atom stereocenters. The number of aliphatic hydroxyl groups is 1. The Kier molecular flexibility index (Phi) is 13.3. The number of methoxy groups -OCH3 is 3. The summed E-state index contributed by atoms with van der Waals surface area (Å²) in [4.78, 5) is 63.8. The van der Waals surface area contributed by atoms with Crippen molar-refractivity contribution in [3.63, 3.8) is 0 Å². The van der Waals surface area contributed by atoms with Crippen molar-refractivity contribution in [2.24, 2.45) is 0 Å². The van der Waals surface area contributed by atoms with Gasteiger partial charge in [-0.25, -0.2) is 37.5 Å². The number of likely N-dealkylation sites (tertiary alicyclic amines) is 1. The predicted molar refractivity (Wildman–Crippen MR) is 259 cm³/mol. The second-order valence-corrected chi connectivity index (χ2v) is 17.7. The molecule has 0 saturated carbocycles. The number of fused-ring (bicyclic) bond motifs is 2. The van der Waals surface area contributed by atoms with Crippen LogP contribution in [0.1, 0.15) is 66.8 Å². The molecule has 0 radical (unpaired) electrons. The summed E-state index contributed by atoms with van der Waals surface area (Å²) < 4.78 is 82.3. The number of aliphatic hydroxyl groups excluding tert-OH is 1. The van der Waals surface area contributed by atoms with Crippen LogP contribution in [0.4, 0.5) is 29.1 Å². The maximum Gasteiger partial charge on any atom is 0.260 e. The topological polar surface area (TPSA) is 182 Å². The normalized spacial score (nSPS) is 15.4. The molecule has 5 heterocycles. The number of benzene rings is 5. The van der Waals surface area contributed by atoms with Crippen molar-refractivity contribution in [1.29, 1.82) is 0 Å². The number of carbonyl (C=O) groups excluding carboxylic acids is 3. The monoisotopic (exact) mass is 1010 g/mol. The van der Waals surface area contributed by atoms with Gasteiger partial charge in [0, 0.05) is 35.5 Å². The van der Waals surface area contributed by atoms with Gasteiger partial charge in [0.15, 0.2) is 17.9 Å². The molecule has 7 aromatic rings. The van der Waals surface area contributed by atoms with Crippen LogP contribution >= 0.6 is 0 Å². The van der Waals surface area contributed by atoms with Gasteiger partial charge in [-0.3, -0.25) is 14.4 Å². The van der Waals surface area contributed by atoms with Crippen molar-refractivity contribution >= 4 is 29.2 Å². The van der Waals surface area contributed by atoms with Crippen molar-refractivity contribution in [3.05, 3.63) is 165 Å². The zero-order chi connectivity index (χ0) is 51.9. The molecule has 3 aliphatic rings. The number of anilines is 2. The maximum absolute atomic E-state index is 15.2. The average Bonchev–Trinajstić information content (AvgIpc) is 4.04. The Bertz CT molecular complexity index is 3340. The Morgan fingerprint density at radius 3 is 1.73 bits per heavy atom. The van der Waals surface area contributed by atoms with E-state index in [1.807, 2.05) is 0 Å². The lowest BCUT2D eigenvalue weighted by molar-refractivity contribution is -0.138. The highest BCUT2D eigenvalue weighted by molar-refractivity contribution is 6.03. The summed E-state index contributed by atoms with van der Waals surface area (Å²) >= 11 is 0. The molecule has 1 fully saturated rings. The molecule has 3 aliphatic heterocycles. The summed E-state index contributed by atoms with van der Waals surface area (Å²) in [5.41, 5.74) is 2.85. The molecule has 74 heavy (non-hydrogen) atoms. The average molecular weight is 1010 g/mol. The van der Waals surface area contributed by atoms with E-state index in [0.29, 0.717) is 51.7 Å². The van der Waals surface area contributed by atoms with Crippen LogP contribution in [0.3, 0.4) is 0 Å². The van der Waals surface area contributed by atoms with Crippen LogP contribution in [0.15, 0.2) is 97.1 Å². The molecule has 20 heteroatoms. The standard InChI is InChI=1S/C54H46F4N8O8/c1-28-45-40(61-49(59-28)46-36(55)7-5-8-37(46)56)25-64(53(45)69)23-31-14-18-34(22-43(31)73-4)74-44(27-67)66-20-19-35(52(66)68)29-11-15-32(16-12-29)60-51-48-41(62-50(63-51)47-38(57)9-6-10-39(47)58)26-65(54(48)70)24-30-13-17-33(71-2)21-42(30)72-3/h5-18,21-22,35,44,67H,19-20,23-27H2,1-4H3,(H,60,62,63). The molecule has 2 N–H and O–H groups in total. The molecular formula is C54H46F4N8O8. The molecule has 2 unspecified atom stereocenters. The van der Waals surface area contributed by atoms with E-state index in [1.165, 1.54) is 48.2 Å². The Balaban J connectivity index is 0.825. The minimum absolute atomic E-state index is 0.0146.